The van der Waals surface area contributed by atoms with Crippen molar-refractivity contribution in [1.82, 2.24) is 0 Å². The molecule has 3 rings (SSSR count). The van der Waals surface area contributed by atoms with Crippen LogP contribution in [0.25, 0.3) is 0 Å². The van der Waals surface area contributed by atoms with Gasteiger partial charge in [0, 0.05) is 0 Å². The van der Waals surface area contributed by atoms with E-state index >= 15 is 0 Å². The molecule has 172 valence electrons. The lowest BCUT2D eigenvalue weighted by Crippen LogP contribution is -2.09. The molecule has 0 bridgehead atoms. The highest BCUT2D eigenvalue weighted by Crippen LogP contribution is 2.54. The summed E-state index contributed by atoms with van der Waals surface area (Å²) in [4.78, 5) is 0. The average Bonchev–Trinajstić information content (AvgIpc) is 2.88. The summed E-state index contributed by atoms with van der Waals surface area (Å²) < 4.78 is -2.95. The van der Waals surface area contributed by atoms with Crippen molar-refractivity contribution in [3.8, 4) is 0 Å². The second-order valence-electron chi connectivity index (χ2n) is 6.49. The zero-order chi connectivity index (χ0) is 23.3. The van der Waals surface area contributed by atoms with Crippen molar-refractivity contribution in [3.05, 3.63) is 40.3 Å². The van der Waals surface area contributed by atoms with Crippen molar-refractivity contribution < 1.29 is 0 Å². The van der Waals surface area contributed by atoms with Gasteiger partial charge < -0.3 is 0 Å². The molecular weight excluding hydrogens is 642 g/mol. The first-order valence-electron chi connectivity index (χ1n) is 8.77. The van der Waals surface area contributed by atoms with Crippen molar-refractivity contribution in [2.75, 3.05) is 0 Å². The van der Waals surface area contributed by atoms with Crippen molar-refractivity contribution in [2.24, 2.45) is 0 Å². The predicted octanol–water partition coefficient (Wildman–Crippen LogP) is 12.2. The summed E-state index contributed by atoms with van der Waals surface area (Å²) in [5.41, 5.74) is 0. The van der Waals surface area contributed by atoms with Crippen molar-refractivity contribution in [3.63, 3.8) is 0 Å². The maximum atomic E-state index is 5.68. The van der Waals surface area contributed by atoms with Crippen LogP contribution >= 0.6 is 139 Å². The Kier molecular flexibility index (Phi) is 13.7. The molecule has 0 saturated heterocycles. The Balaban J connectivity index is 0.000000228. The third-order valence-electron chi connectivity index (χ3n) is 4.26. The summed E-state index contributed by atoms with van der Waals surface area (Å²) in [6.45, 7) is 0. The van der Waals surface area contributed by atoms with Crippen LogP contribution in [0.4, 0.5) is 0 Å². The van der Waals surface area contributed by atoms with Crippen LogP contribution in [0.5, 0.6) is 0 Å². The maximum Gasteiger partial charge on any atom is 0.191 e. The minimum Gasteiger partial charge on any atom is -0.0888 e. The molecule has 0 radical (unpaired) electrons. The first-order chi connectivity index (χ1) is 13.8. The molecule has 0 aromatic rings. The van der Waals surface area contributed by atoms with Gasteiger partial charge in [0.15, 0.2) is 8.67 Å². The SMILES string of the molecule is C1CCCCCCC1.ClC1=C(Cl)C(Cl)(Cl)C(Cl)=C1Cl.ClC1=C(Cl)C(Cl)(Cl)C(Cl)=C1Cl. The molecule has 0 heterocycles. The molecule has 12 heteroatoms. The van der Waals surface area contributed by atoms with E-state index in [0.29, 0.717) is 0 Å². The van der Waals surface area contributed by atoms with E-state index in [-0.39, 0.29) is 40.3 Å². The molecule has 3 aliphatic carbocycles. The Morgan fingerprint density at radius 1 is 0.333 bits per heavy atom. The van der Waals surface area contributed by atoms with Crippen LogP contribution in [0.3, 0.4) is 0 Å². The van der Waals surface area contributed by atoms with Crippen LogP contribution in [-0.4, -0.2) is 8.67 Å². The van der Waals surface area contributed by atoms with Crippen LogP contribution < -0.4 is 0 Å². The van der Waals surface area contributed by atoms with Crippen molar-refractivity contribution in [1.29, 1.82) is 0 Å². The number of alkyl halides is 4. The first kappa shape index (κ1) is 30.5. The highest BCUT2D eigenvalue weighted by Gasteiger charge is 2.43. The van der Waals surface area contributed by atoms with E-state index < -0.39 is 8.67 Å². The fourth-order valence-electron chi connectivity index (χ4n) is 2.54. The molecule has 0 N–H and O–H groups in total. The molecular formula is C18H16Cl12. The van der Waals surface area contributed by atoms with Crippen molar-refractivity contribution >= 4 is 139 Å². The van der Waals surface area contributed by atoms with Crippen LogP contribution in [0, 0.1) is 0 Å². The summed E-state index contributed by atoms with van der Waals surface area (Å²) in [7, 11) is 0. The fourth-order valence-corrected chi connectivity index (χ4v) is 5.68. The van der Waals surface area contributed by atoms with E-state index in [0.717, 1.165) is 0 Å². The molecule has 0 amide bonds. The topological polar surface area (TPSA) is 0 Å². The Labute approximate surface area is 237 Å². The van der Waals surface area contributed by atoms with E-state index in [9.17, 15) is 0 Å². The molecule has 1 fully saturated rings. The zero-order valence-electron chi connectivity index (χ0n) is 15.2. The Bertz CT molecular complexity index is 625. The second-order valence-corrected chi connectivity index (χ2v) is 12.2. The molecule has 0 unspecified atom stereocenters. The first-order valence-corrected chi connectivity index (χ1v) is 13.3. The molecule has 0 nitrogen and oxygen atoms in total. The second kappa shape index (κ2) is 13.5. The smallest absolute Gasteiger partial charge is 0.0888 e. The minimum atomic E-state index is -1.47. The summed E-state index contributed by atoms with van der Waals surface area (Å²) >= 11 is 67.6. The van der Waals surface area contributed by atoms with Gasteiger partial charge in [0.05, 0.1) is 40.3 Å². The van der Waals surface area contributed by atoms with E-state index in [1.165, 1.54) is 51.4 Å². The van der Waals surface area contributed by atoms with Crippen LogP contribution in [0.15, 0.2) is 40.3 Å². The summed E-state index contributed by atoms with van der Waals surface area (Å²) in [5.74, 6) is 0. The lowest BCUT2D eigenvalue weighted by Gasteiger charge is -2.11. The number of hydrogen-bond acceptors (Lipinski definition) is 0. The van der Waals surface area contributed by atoms with Gasteiger partial charge in [0.2, 0.25) is 0 Å². The summed E-state index contributed by atoms with van der Waals surface area (Å²) in [5, 5.41) is 0.559. The molecule has 3 aliphatic rings. The molecule has 0 spiro atoms. The predicted molar refractivity (Wildman–Crippen MR) is 141 cm³/mol. The van der Waals surface area contributed by atoms with Crippen LogP contribution in [0.1, 0.15) is 51.4 Å². The maximum absolute atomic E-state index is 5.68. The number of halogens is 12. The zero-order valence-corrected chi connectivity index (χ0v) is 24.3. The highest BCUT2D eigenvalue weighted by atomic mass is 35.5. The Hall–Kier alpha value is 2.44. The average molecular weight is 658 g/mol. The standard InChI is InChI=1S/C8H16.2C5Cl6/c1-2-4-6-8-7-5-3-1;2*6-1-2(7)4(9)5(10,11)3(1)8/h1-8H2;;. The minimum absolute atomic E-state index is 0.0394. The van der Waals surface area contributed by atoms with Crippen LogP contribution in [0.2, 0.25) is 0 Å². The van der Waals surface area contributed by atoms with Gasteiger partial charge in [-0.3, -0.25) is 0 Å². The van der Waals surface area contributed by atoms with Gasteiger partial charge in [-0.15, -0.1) is 0 Å². The third kappa shape index (κ3) is 7.73. The van der Waals surface area contributed by atoms with Gasteiger partial charge in [-0.2, -0.15) is 0 Å². The van der Waals surface area contributed by atoms with Gasteiger partial charge in [0.1, 0.15) is 0 Å². The number of rotatable bonds is 0. The fraction of sp³-hybridized carbons (Fsp3) is 0.556. The van der Waals surface area contributed by atoms with Gasteiger partial charge >= 0.3 is 0 Å². The van der Waals surface area contributed by atoms with E-state index in [4.69, 9.17) is 139 Å². The largest absolute Gasteiger partial charge is 0.191 e. The number of allylic oxidation sites excluding steroid dienone is 8. The molecule has 0 aliphatic heterocycles. The quantitative estimate of drug-likeness (QED) is 0.228. The molecule has 0 aromatic carbocycles. The number of hydrogen-bond donors (Lipinski definition) is 0. The third-order valence-corrected chi connectivity index (χ3v) is 10.5. The monoisotopic (exact) mass is 652 g/mol. The Morgan fingerprint density at radius 2 is 0.467 bits per heavy atom. The lowest BCUT2D eigenvalue weighted by atomic mass is 10.0. The van der Waals surface area contributed by atoms with Gasteiger partial charge in [-0.25, -0.2) is 0 Å². The normalized spacial score (nSPS) is 23.6. The molecule has 0 atom stereocenters. The summed E-state index contributed by atoms with van der Waals surface area (Å²) in [6, 6.07) is 0. The lowest BCUT2D eigenvalue weighted by molar-refractivity contribution is 0.504. The molecule has 1 saturated carbocycles. The van der Waals surface area contributed by atoms with Gasteiger partial charge in [-0.1, -0.05) is 191 Å². The molecule has 30 heavy (non-hydrogen) atoms. The van der Waals surface area contributed by atoms with Crippen molar-refractivity contribution in [2.45, 2.75) is 60.0 Å². The summed E-state index contributed by atoms with van der Waals surface area (Å²) in [6.07, 6.45) is 12.0. The Morgan fingerprint density at radius 3 is 0.533 bits per heavy atom. The van der Waals surface area contributed by atoms with E-state index in [2.05, 4.69) is 0 Å². The van der Waals surface area contributed by atoms with E-state index in [1.807, 2.05) is 0 Å². The van der Waals surface area contributed by atoms with Crippen LogP contribution in [-0.2, 0) is 0 Å². The highest BCUT2D eigenvalue weighted by molar-refractivity contribution is 6.68. The van der Waals surface area contributed by atoms with Gasteiger partial charge in [0.25, 0.3) is 0 Å². The molecule has 0 aromatic heterocycles. The van der Waals surface area contributed by atoms with Gasteiger partial charge in [-0.05, 0) is 0 Å². The van der Waals surface area contributed by atoms with E-state index in [1.54, 1.807) is 0 Å².